The van der Waals surface area contributed by atoms with Gasteiger partial charge in [0.2, 0.25) is 11.5 Å². The average molecular weight is 200 g/mol. The Morgan fingerprint density at radius 3 is 2.36 bits per heavy atom. The summed E-state index contributed by atoms with van der Waals surface area (Å²) in [6, 6.07) is 0. The number of aromatic hydroxyl groups is 2. The number of hydrogen-bond donors (Lipinski definition) is 2. The van der Waals surface area contributed by atoms with Gasteiger partial charge in [0.05, 0.1) is 12.7 Å². The number of ether oxygens (including phenoxy) is 1. The Kier molecular flexibility index (Phi) is 2.60. The van der Waals surface area contributed by atoms with Crippen LogP contribution in [0.25, 0.3) is 0 Å². The molecule has 0 aliphatic heterocycles. The highest BCUT2D eigenvalue weighted by Crippen LogP contribution is 2.41. The van der Waals surface area contributed by atoms with Crippen LogP contribution in [-0.4, -0.2) is 23.6 Å². The Morgan fingerprint density at radius 2 is 1.93 bits per heavy atom. The zero-order chi connectivity index (χ0) is 10.9. The van der Waals surface area contributed by atoms with Crippen molar-refractivity contribution in [3.05, 3.63) is 16.9 Å². The first-order chi connectivity index (χ1) is 6.54. The van der Waals surface area contributed by atoms with Gasteiger partial charge in [0.25, 0.3) is 0 Å². The van der Waals surface area contributed by atoms with Gasteiger partial charge in [-0.05, 0) is 6.92 Å². The maximum Gasteiger partial charge on any atom is 0.203 e. The third kappa shape index (κ3) is 1.26. The fourth-order valence-electron chi connectivity index (χ4n) is 1.13. The minimum atomic E-state index is -0.977. The first-order valence-electron chi connectivity index (χ1n) is 3.77. The molecule has 0 saturated heterocycles. The van der Waals surface area contributed by atoms with Crippen molar-refractivity contribution in [2.75, 3.05) is 7.11 Å². The first kappa shape index (κ1) is 10.3. The minimum Gasteiger partial charge on any atom is -0.504 e. The molecule has 5 heteroatoms. The van der Waals surface area contributed by atoms with Gasteiger partial charge in [-0.15, -0.1) is 0 Å². The first-order valence-corrected chi connectivity index (χ1v) is 3.77. The van der Waals surface area contributed by atoms with E-state index in [-0.39, 0.29) is 17.4 Å². The van der Waals surface area contributed by atoms with Crippen LogP contribution in [0.4, 0.5) is 4.39 Å². The molecule has 0 spiro atoms. The Labute approximate surface area is 79.6 Å². The van der Waals surface area contributed by atoms with Gasteiger partial charge in [0, 0.05) is 5.56 Å². The highest BCUT2D eigenvalue weighted by atomic mass is 19.1. The third-order valence-corrected chi connectivity index (χ3v) is 1.96. The van der Waals surface area contributed by atoms with E-state index in [1.165, 1.54) is 6.92 Å². The van der Waals surface area contributed by atoms with Crippen molar-refractivity contribution >= 4 is 6.29 Å². The molecule has 0 amide bonds. The van der Waals surface area contributed by atoms with Crippen LogP contribution in [0.3, 0.4) is 0 Å². The molecule has 0 radical (unpaired) electrons. The molecule has 0 fully saturated rings. The second kappa shape index (κ2) is 3.53. The summed E-state index contributed by atoms with van der Waals surface area (Å²) in [6.07, 6.45) is 0.256. The number of methoxy groups -OCH3 is 1. The molecule has 0 saturated carbocycles. The van der Waals surface area contributed by atoms with E-state index in [0.717, 1.165) is 7.11 Å². The Morgan fingerprint density at radius 1 is 1.36 bits per heavy atom. The van der Waals surface area contributed by atoms with E-state index >= 15 is 0 Å². The summed E-state index contributed by atoms with van der Waals surface area (Å²) in [5.41, 5.74) is -0.340. The SMILES string of the molecule is COc1c(O)c(O)c(C)c(C=O)c1F. The number of hydrogen-bond acceptors (Lipinski definition) is 4. The molecule has 0 aromatic heterocycles. The molecule has 0 unspecified atom stereocenters. The van der Waals surface area contributed by atoms with Crippen LogP contribution in [0.5, 0.6) is 17.2 Å². The summed E-state index contributed by atoms with van der Waals surface area (Å²) in [6.45, 7) is 1.32. The van der Waals surface area contributed by atoms with Crippen LogP contribution in [0.1, 0.15) is 15.9 Å². The Hall–Kier alpha value is -1.78. The zero-order valence-corrected chi connectivity index (χ0v) is 7.67. The topological polar surface area (TPSA) is 66.8 Å². The standard InChI is InChI=1S/C9H9FO4/c1-4-5(3-11)6(10)9(14-2)8(13)7(4)12/h3,12-13H,1-2H3. The predicted molar refractivity (Wildman–Crippen MR) is 46.4 cm³/mol. The summed E-state index contributed by atoms with van der Waals surface area (Å²) in [5.74, 6) is -2.76. The fourth-order valence-corrected chi connectivity index (χ4v) is 1.13. The lowest BCUT2D eigenvalue weighted by molar-refractivity contribution is 0.111. The van der Waals surface area contributed by atoms with Gasteiger partial charge >= 0.3 is 0 Å². The van der Waals surface area contributed by atoms with E-state index in [9.17, 15) is 19.4 Å². The van der Waals surface area contributed by atoms with Crippen molar-refractivity contribution in [1.29, 1.82) is 0 Å². The highest BCUT2D eigenvalue weighted by Gasteiger charge is 2.21. The minimum absolute atomic E-state index is 0.0178. The van der Waals surface area contributed by atoms with E-state index in [4.69, 9.17) is 0 Å². The summed E-state index contributed by atoms with van der Waals surface area (Å²) in [5, 5.41) is 18.5. The molecule has 2 N–H and O–H groups in total. The Balaban J connectivity index is 3.64. The highest BCUT2D eigenvalue weighted by molar-refractivity contribution is 5.82. The zero-order valence-electron chi connectivity index (χ0n) is 7.67. The van der Waals surface area contributed by atoms with Crippen molar-refractivity contribution in [2.24, 2.45) is 0 Å². The predicted octanol–water partition coefficient (Wildman–Crippen LogP) is 1.37. The summed E-state index contributed by atoms with van der Waals surface area (Å²) >= 11 is 0. The molecule has 76 valence electrons. The normalized spacial score (nSPS) is 9.93. The number of carbonyl (C=O) groups excluding carboxylic acids is 1. The quantitative estimate of drug-likeness (QED) is 0.558. The molecule has 1 aromatic rings. The molecule has 4 nitrogen and oxygen atoms in total. The lowest BCUT2D eigenvalue weighted by atomic mass is 10.1. The van der Waals surface area contributed by atoms with Gasteiger partial charge in [-0.1, -0.05) is 0 Å². The maximum atomic E-state index is 13.3. The van der Waals surface area contributed by atoms with Gasteiger partial charge < -0.3 is 14.9 Å². The van der Waals surface area contributed by atoms with Gasteiger partial charge in [-0.3, -0.25) is 4.79 Å². The monoisotopic (exact) mass is 200 g/mol. The largest absolute Gasteiger partial charge is 0.504 e. The second-order valence-corrected chi connectivity index (χ2v) is 2.70. The van der Waals surface area contributed by atoms with Gasteiger partial charge in [0.15, 0.2) is 17.9 Å². The van der Waals surface area contributed by atoms with Crippen LogP contribution in [-0.2, 0) is 0 Å². The summed E-state index contributed by atoms with van der Waals surface area (Å²) < 4.78 is 17.9. The number of phenolic OH excluding ortho intramolecular Hbond substituents is 2. The number of phenols is 2. The smallest absolute Gasteiger partial charge is 0.203 e. The number of halogens is 1. The molecule has 0 bridgehead atoms. The molecular formula is C9H9FO4. The number of rotatable bonds is 2. The molecule has 0 aliphatic rings. The van der Waals surface area contributed by atoms with E-state index in [1.807, 2.05) is 0 Å². The molecule has 1 aromatic carbocycles. The maximum absolute atomic E-state index is 13.3. The van der Waals surface area contributed by atoms with Crippen LogP contribution >= 0.6 is 0 Å². The van der Waals surface area contributed by atoms with Crippen LogP contribution in [0.15, 0.2) is 0 Å². The van der Waals surface area contributed by atoms with Crippen molar-refractivity contribution < 1.29 is 24.1 Å². The lowest BCUT2D eigenvalue weighted by Crippen LogP contribution is -1.98. The molecular weight excluding hydrogens is 191 g/mol. The van der Waals surface area contributed by atoms with Crippen molar-refractivity contribution in [2.45, 2.75) is 6.92 Å². The average Bonchev–Trinajstić information content (AvgIpc) is 2.16. The van der Waals surface area contributed by atoms with Gasteiger partial charge in [-0.25, -0.2) is 4.39 Å². The third-order valence-electron chi connectivity index (χ3n) is 1.96. The van der Waals surface area contributed by atoms with E-state index in [0.29, 0.717) is 0 Å². The molecule has 0 heterocycles. The molecule has 14 heavy (non-hydrogen) atoms. The van der Waals surface area contributed by atoms with Gasteiger partial charge in [0.1, 0.15) is 0 Å². The molecule has 1 rings (SSSR count). The summed E-state index contributed by atoms with van der Waals surface area (Å²) in [4.78, 5) is 10.5. The van der Waals surface area contributed by atoms with Crippen LogP contribution in [0.2, 0.25) is 0 Å². The summed E-state index contributed by atoms with van der Waals surface area (Å²) in [7, 11) is 1.13. The molecule has 0 aliphatic carbocycles. The van der Waals surface area contributed by atoms with E-state index in [2.05, 4.69) is 4.74 Å². The van der Waals surface area contributed by atoms with E-state index < -0.39 is 23.1 Å². The van der Waals surface area contributed by atoms with Crippen LogP contribution < -0.4 is 4.74 Å². The van der Waals surface area contributed by atoms with Crippen molar-refractivity contribution in [3.63, 3.8) is 0 Å². The van der Waals surface area contributed by atoms with Gasteiger partial charge in [-0.2, -0.15) is 0 Å². The fraction of sp³-hybridized carbons (Fsp3) is 0.222. The Bertz CT molecular complexity index is 387. The lowest BCUT2D eigenvalue weighted by Gasteiger charge is -2.10. The van der Waals surface area contributed by atoms with E-state index in [1.54, 1.807) is 0 Å². The number of aldehydes is 1. The second-order valence-electron chi connectivity index (χ2n) is 2.70. The van der Waals surface area contributed by atoms with Crippen molar-refractivity contribution in [3.8, 4) is 17.2 Å². The van der Waals surface area contributed by atoms with Crippen LogP contribution in [0, 0.1) is 12.7 Å². The number of carbonyl (C=O) groups is 1. The van der Waals surface area contributed by atoms with Crippen molar-refractivity contribution in [1.82, 2.24) is 0 Å². The molecule has 0 atom stereocenters. The number of benzene rings is 1.